The normalized spacial score (nSPS) is 35.1. The minimum absolute atomic E-state index is 0.256. The molecule has 0 aliphatic carbocycles. The van der Waals surface area contributed by atoms with Gasteiger partial charge in [0.05, 0.1) is 11.3 Å². The highest BCUT2D eigenvalue weighted by Gasteiger charge is 2.31. The molecule has 2 saturated heterocycles. The SMILES string of the molecule is CCC1CCNC(c2nc(C3SCCSC3C)no2)C1. The summed E-state index contributed by atoms with van der Waals surface area (Å²) in [5.74, 6) is 4.89. The van der Waals surface area contributed by atoms with E-state index in [1.165, 1.54) is 24.3 Å². The molecule has 4 unspecified atom stereocenters. The van der Waals surface area contributed by atoms with Gasteiger partial charge in [-0.05, 0) is 25.3 Å². The fourth-order valence-corrected chi connectivity index (χ4v) is 5.66. The van der Waals surface area contributed by atoms with E-state index < -0.39 is 0 Å². The zero-order valence-corrected chi connectivity index (χ0v) is 13.8. The Hall–Kier alpha value is -0.200. The van der Waals surface area contributed by atoms with Crippen LogP contribution in [0.5, 0.6) is 0 Å². The van der Waals surface area contributed by atoms with Crippen molar-refractivity contribution in [3.05, 3.63) is 11.7 Å². The van der Waals surface area contributed by atoms with Crippen LogP contribution >= 0.6 is 23.5 Å². The van der Waals surface area contributed by atoms with Crippen LogP contribution in [0, 0.1) is 5.92 Å². The average Bonchev–Trinajstić information content (AvgIpc) is 2.97. The molecule has 1 N–H and O–H groups in total. The van der Waals surface area contributed by atoms with Gasteiger partial charge in [0.25, 0.3) is 0 Å². The van der Waals surface area contributed by atoms with Crippen molar-refractivity contribution < 1.29 is 4.52 Å². The molecule has 1 aromatic heterocycles. The Balaban J connectivity index is 1.69. The van der Waals surface area contributed by atoms with Gasteiger partial charge in [-0.15, -0.1) is 11.8 Å². The number of piperidine rings is 1. The Kier molecular flexibility index (Phi) is 4.94. The molecule has 1 aromatic rings. The van der Waals surface area contributed by atoms with Crippen LogP contribution in [0.15, 0.2) is 4.52 Å². The van der Waals surface area contributed by atoms with Gasteiger partial charge in [0.2, 0.25) is 5.89 Å². The van der Waals surface area contributed by atoms with Crippen LogP contribution in [0.1, 0.15) is 56.1 Å². The van der Waals surface area contributed by atoms with E-state index in [2.05, 4.69) is 24.3 Å². The number of nitrogens with one attached hydrogen (secondary N) is 1. The van der Waals surface area contributed by atoms with Gasteiger partial charge in [0.15, 0.2) is 5.82 Å². The first-order valence-electron chi connectivity index (χ1n) is 7.58. The molecule has 20 heavy (non-hydrogen) atoms. The Morgan fingerprint density at radius 1 is 1.35 bits per heavy atom. The van der Waals surface area contributed by atoms with E-state index in [0.29, 0.717) is 10.5 Å². The monoisotopic (exact) mass is 313 g/mol. The van der Waals surface area contributed by atoms with Crippen molar-refractivity contribution in [2.45, 2.75) is 49.7 Å². The van der Waals surface area contributed by atoms with Gasteiger partial charge in [0.1, 0.15) is 0 Å². The Bertz CT molecular complexity index is 440. The summed E-state index contributed by atoms with van der Waals surface area (Å²) in [5.41, 5.74) is 0. The van der Waals surface area contributed by atoms with Crippen molar-refractivity contribution in [2.24, 2.45) is 5.92 Å². The summed E-state index contributed by atoms with van der Waals surface area (Å²) in [7, 11) is 0. The second kappa shape index (κ2) is 6.71. The molecule has 0 spiro atoms. The smallest absolute Gasteiger partial charge is 0.243 e. The molecule has 0 amide bonds. The Morgan fingerprint density at radius 3 is 3.00 bits per heavy atom. The lowest BCUT2D eigenvalue weighted by atomic mass is 9.90. The molecule has 3 rings (SSSR count). The molecule has 4 nitrogen and oxygen atoms in total. The van der Waals surface area contributed by atoms with Gasteiger partial charge in [0, 0.05) is 16.8 Å². The maximum Gasteiger partial charge on any atom is 0.243 e. The van der Waals surface area contributed by atoms with Crippen LogP contribution in [0.2, 0.25) is 0 Å². The molecule has 2 fully saturated rings. The van der Waals surface area contributed by atoms with E-state index in [1.807, 2.05) is 23.5 Å². The quantitative estimate of drug-likeness (QED) is 0.922. The van der Waals surface area contributed by atoms with Gasteiger partial charge in [-0.3, -0.25) is 0 Å². The highest BCUT2D eigenvalue weighted by Crippen LogP contribution is 2.41. The van der Waals surface area contributed by atoms with E-state index in [0.717, 1.165) is 30.6 Å². The Labute approximate surface area is 129 Å². The zero-order chi connectivity index (χ0) is 13.9. The van der Waals surface area contributed by atoms with Crippen molar-refractivity contribution in [3.63, 3.8) is 0 Å². The van der Waals surface area contributed by atoms with Crippen LogP contribution in [-0.4, -0.2) is 33.4 Å². The van der Waals surface area contributed by atoms with Gasteiger partial charge >= 0.3 is 0 Å². The van der Waals surface area contributed by atoms with Gasteiger partial charge in [-0.2, -0.15) is 16.7 Å². The van der Waals surface area contributed by atoms with Gasteiger partial charge in [-0.25, -0.2) is 0 Å². The topological polar surface area (TPSA) is 51.0 Å². The Morgan fingerprint density at radius 2 is 2.20 bits per heavy atom. The molecule has 0 aromatic carbocycles. The lowest BCUT2D eigenvalue weighted by Crippen LogP contribution is -2.31. The minimum Gasteiger partial charge on any atom is -0.338 e. The van der Waals surface area contributed by atoms with Crippen LogP contribution in [0.4, 0.5) is 0 Å². The van der Waals surface area contributed by atoms with Gasteiger partial charge < -0.3 is 9.84 Å². The van der Waals surface area contributed by atoms with Crippen molar-refractivity contribution in [2.75, 3.05) is 18.1 Å². The number of hydrogen-bond donors (Lipinski definition) is 1. The molecule has 2 aliphatic rings. The summed E-state index contributed by atoms with van der Waals surface area (Å²) in [5, 5.41) is 8.73. The largest absolute Gasteiger partial charge is 0.338 e. The summed E-state index contributed by atoms with van der Waals surface area (Å²) in [6, 6.07) is 0.256. The summed E-state index contributed by atoms with van der Waals surface area (Å²) in [6.45, 7) is 5.60. The van der Waals surface area contributed by atoms with E-state index >= 15 is 0 Å². The summed E-state index contributed by atoms with van der Waals surface area (Å²) < 4.78 is 5.55. The van der Waals surface area contributed by atoms with Crippen LogP contribution in [0.3, 0.4) is 0 Å². The summed E-state index contributed by atoms with van der Waals surface area (Å²) >= 11 is 3.97. The van der Waals surface area contributed by atoms with E-state index in [9.17, 15) is 0 Å². The van der Waals surface area contributed by atoms with Crippen LogP contribution < -0.4 is 5.32 Å². The predicted molar refractivity (Wildman–Crippen MR) is 85.2 cm³/mol. The molecule has 6 heteroatoms. The molecule has 112 valence electrons. The zero-order valence-electron chi connectivity index (χ0n) is 12.2. The van der Waals surface area contributed by atoms with Crippen molar-refractivity contribution in [1.82, 2.24) is 15.5 Å². The van der Waals surface area contributed by atoms with Crippen LogP contribution in [-0.2, 0) is 0 Å². The predicted octanol–water partition coefficient (Wildman–Crippen LogP) is 3.43. The molecule has 0 radical (unpaired) electrons. The first-order valence-corrected chi connectivity index (χ1v) is 9.67. The molecule has 0 bridgehead atoms. The molecular formula is C14H23N3OS2. The average molecular weight is 313 g/mol. The standard InChI is InChI=1S/C14H23N3OS2/c1-3-10-4-5-15-11(8-10)14-16-13(17-18-14)12-9(2)19-6-7-20-12/h9-12,15H,3-8H2,1-2H3. The fourth-order valence-electron chi connectivity index (χ4n) is 2.98. The van der Waals surface area contributed by atoms with Crippen molar-refractivity contribution in [1.29, 1.82) is 0 Å². The molecule has 2 aliphatic heterocycles. The van der Waals surface area contributed by atoms with E-state index in [-0.39, 0.29) is 6.04 Å². The third-order valence-corrected chi connectivity index (χ3v) is 7.37. The number of nitrogens with zero attached hydrogens (tertiary/aromatic N) is 2. The van der Waals surface area contributed by atoms with Crippen molar-refractivity contribution in [3.8, 4) is 0 Å². The van der Waals surface area contributed by atoms with E-state index in [4.69, 9.17) is 9.51 Å². The molecule has 3 heterocycles. The van der Waals surface area contributed by atoms with E-state index in [1.54, 1.807) is 0 Å². The number of aromatic nitrogens is 2. The summed E-state index contributed by atoms with van der Waals surface area (Å²) in [6.07, 6.45) is 3.63. The lowest BCUT2D eigenvalue weighted by Gasteiger charge is -2.27. The molecular weight excluding hydrogens is 290 g/mol. The third-order valence-electron chi connectivity index (χ3n) is 4.29. The highest BCUT2D eigenvalue weighted by molar-refractivity contribution is 8.06. The second-order valence-corrected chi connectivity index (χ2v) is 8.40. The second-order valence-electron chi connectivity index (χ2n) is 5.66. The van der Waals surface area contributed by atoms with Gasteiger partial charge in [-0.1, -0.05) is 25.4 Å². The maximum absolute atomic E-state index is 5.55. The number of rotatable bonds is 3. The highest BCUT2D eigenvalue weighted by atomic mass is 32.2. The molecule has 4 atom stereocenters. The summed E-state index contributed by atoms with van der Waals surface area (Å²) in [4.78, 5) is 4.70. The van der Waals surface area contributed by atoms with Crippen LogP contribution in [0.25, 0.3) is 0 Å². The molecule has 0 saturated carbocycles. The first-order chi connectivity index (χ1) is 9.78. The first kappa shape index (κ1) is 14.7. The third kappa shape index (κ3) is 3.17. The number of hydrogen-bond acceptors (Lipinski definition) is 6. The lowest BCUT2D eigenvalue weighted by molar-refractivity contribution is 0.245. The van der Waals surface area contributed by atoms with Crippen molar-refractivity contribution >= 4 is 23.5 Å². The maximum atomic E-state index is 5.55. The minimum atomic E-state index is 0.256. The fraction of sp³-hybridized carbons (Fsp3) is 0.857. The number of thioether (sulfide) groups is 2.